The molecule has 0 atom stereocenters. The van der Waals surface area contributed by atoms with Crippen molar-refractivity contribution in [1.82, 2.24) is 9.71 Å². The van der Waals surface area contributed by atoms with Gasteiger partial charge in [0.15, 0.2) is 0 Å². The van der Waals surface area contributed by atoms with Crippen LogP contribution in [0.1, 0.15) is 18.4 Å². The van der Waals surface area contributed by atoms with Crippen LogP contribution in [0.25, 0.3) is 0 Å². The minimum absolute atomic E-state index is 0.222. The van der Waals surface area contributed by atoms with E-state index in [2.05, 4.69) is 46.5 Å². The van der Waals surface area contributed by atoms with E-state index in [1.54, 1.807) is 24.4 Å². The van der Waals surface area contributed by atoms with Gasteiger partial charge in [-0.25, -0.2) is 18.1 Å². The minimum Gasteiger partial charge on any atom is -0.357 e. The Morgan fingerprint density at radius 3 is 2.58 bits per heavy atom. The second-order valence-electron chi connectivity index (χ2n) is 5.62. The van der Waals surface area contributed by atoms with Gasteiger partial charge in [0.25, 0.3) is 0 Å². The number of sulfonamides is 1. The first-order valence-electron chi connectivity index (χ1n) is 7.60. The van der Waals surface area contributed by atoms with Crippen LogP contribution in [0.2, 0.25) is 0 Å². The van der Waals surface area contributed by atoms with Gasteiger partial charge in [-0.05, 0) is 64.7 Å². The first kappa shape index (κ1) is 17.8. The van der Waals surface area contributed by atoms with Crippen molar-refractivity contribution in [3.63, 3.8) is 0 Å². The van der Waals surface area contributed by atoms with E-state index in [1.807, 2.05) is 12.1 Å². The summed E-state index contributed by atoms with van der Waals surface area (Å²) in [6.07, 6.45) is 4.08. The molecule has 1 saturated heterocycles. The number of aromatic nitrogens is 1. The molecule has 0 aliphatic carbocycles. The molecule has 1 fully saturated rings. The van der Waals surface area contributed by atoms with E-state index in [4.69, 9.17) is 0 Å². The molecular formula is C16H17Br2N3O2S. The standard InChI is InChI=1S/C16H17Br2N3O2S/c17-13-3-4-15(14(18)10-13)24(22,23)20-11-12-5-6-19-16(9-12)21-7-1-2-8-21/h3-6,9-10,20H,1-2,7-8,11H2. The van der Waals surface area contributed by atoms with Gasteiger partial charge >= 0.3 is 0 Å². The number of nitrogens with zero attached hydrogens (tertiary/aromatic N) is 2. The summed E-state index contributed by atoms with van der Waals surface area (Å²) >= 11 is 6.62. The highest BCUT2D eigenvalue weighted by atomic mass is 79.9. The molecule has 0 spiro atoms. The van der Waals surface area contributed by atoms with Crippen LogP contribution >= 0.6 is 31.9 Å². The Hall–Kier alpha value is -0.960. The zero-order valence-corrected chi connectivity index (χ0v) is 16.9. The van der Waals surface area contributed by atoms with Crippen LogP contribution in [-0.2, 0) is 16.6 Å². The average Bonchev–Trinajstić information content (AvgIpc) is 3.07. The van der Waals surface area contributed by atoms with Gasteiger partial charge in [-0.1, -0.05) is 15.9 Å². The van der Waals surface area contributed by atoms with E-state index in [-0.39, 0.29) is 11.4 Å². The van der Waals surface area contributed by atoms with Crippen LogP contribution in [0.3, 0.4) is 0 Å². The van der Waals surface area contributed by atoms with Gasteiger partial charge in [-0.15, -0.1) is 0 Å². The monoisotopic (exact) mass is 473 g/mol. The third-order valence-electron chi connectivity index (χ3n) is 3.89. The Morgan fingerprint density at radius 2 is 1.88 bits per heavy atom. The summed E-state index contributed by atoms with van der Waals surface area (Å²) in [6.45, 7) is 2.25. The molecule has 128 valence electrons. The number of nitrogens with one attached hydrogen (secondary N) is 1. The molecule has 1 aliphatic heterocycles. The van der Waals surface area contributed by atoms with Crippen molar-refractivity contribution in [3.05, 3.63) is 51.0 Å². The Labute approximate surface area is 158 Å². The van der Waals surface area contributed by atoms with Crippen molar-refractivity contribution in [2.24, 2.45) is 0 Å². The van der Waals surface area contributed by atoms with Crippen LogP contribution in [0, 0.1) is 0 Å². The third kappa shape index (κ3) is 4.17. The number of hydrogen-bond donors (Lipinski definition) is 1. The maximum atomic E-state index is 12.5. The lowest BCUT2D eigenvalue weighted by Crippen LogP contribution is -2.24. The molecule has 24 heavy (non-hydrogen) atoms. The lowest BCUT2D eigenvalue weighted by Gasteiger charge is -2.17. The van der Waals surface area contributed by atoms with E-state index in [1.165, 1.54) is 12.8 Å². The summed E-state index contributed by atoms with van der Waals surface area (Å²) in [4.78, 5) is 6.83. The molecule has 0 radical (unpaired) electrons. The number of pyridine rings is 1. The molecule has 1 N–H and O–H groups in total. The van der Waals surface area contributed by atoms with Gasteiger partial charge in [0.1, 0.15) is 5.82 Å². The van der Waals surface area contributed by atoms with Gasteiger partial charge in [-0.2, -0.15) is 0 Å². The molecule has 0 bridgehead atoms. The Bertz CT molecular complexity index is 837. The van der Waals surface area contributed by atoms with Gasteiger partial charge in [0.05, 0.1) is 4.90 Å². The van der Waals surface area contributed by atoms with Gasteiger partial charge in [0.2, 0.25) is 10.0 Å². The molecule has 0 amide bonds. The smallest absolute Gasteiger partial charge is 0.241 e. The molecular weight excluding hydrogens is 458 g/mol. The lowest BCUT2D eigenvalue weighted by atomic mass is 10.2. The highest BCUT2D eigenvalue weighted by Crippen LogP contribution is 2.26. The fraction of sp³-hybridized carbons (Fsp3) is 0.312. The van der Waals surface area contributed by atoms with Crippen molar-refractivity contribution in [2.75, 3.05) is 18.0 Å². The average molecular weight is 475 g/mol. The molecule has 2 aromatic rings. The number of anilines is 1. The fourth-order valence-electron chi connectivity index (χ4n) is 2.64. The predicted molar refractivity (Wildman–Crippen MR) is 102 cm³/mol. The highest BCUT2D eigenvalue weighted by molar-refractivity contribution is 9.11. The summed E-state index contributed by atoms with van der Waals surface area (Å²) in [5.41, 5.74) is 0.892. The SMILES string of the molecule is O=S(=O)(NCc1ccnc(N2CCCC2)c1)c1ccc(Br)cc1Br. The number of hydrogen-bond acceptors (Lipinski definition) is 4. The molecule has 5 nitrogen and oxygen atoms in total. The van der Waals surface area contributed by atoms with E-state index in [0.29, 0.717) is 4.47 Å². The molecule has 1 aromatic heterocycles. The van der Waals surface area contributed by atoms with Gasteiger partial charge in [0, 0.05) is 34.8 Å². The van der Waals surface area contributed by atoms with Crippen molar-refractivity contribution < 1.29 is 8.42 Å². The summed E-state index contributed by atoms with van der Waals surface area (Å²) < 4.78 is 29.0. The zero-order chi connectivity index (χ0) is 17.2. The summed E-state index contributed by atoms with van der Waals surface area (Å²) in [5.74, 6) is 0.911. The number of halogens is 2. The first-order chi connectivity index (χ1) is 11.5. The number of benzene rings is 1. The molecule has 2 heterocycles. The van der Waals surface area contributed by atoms with Crippen molar-refractivity contribution in [1.29, 1.82) is 0 Å². The van der Waals surface area contributed by atoms with E-state index in [0.717, 1.165) is 28.9 Å². The van der Waals surface area contributed by atoms with Gasteiger partial charge < -0.3 is 4.90 Å². The van der Waals surface area contributed by atoms with Crippen molar-refractivity contribution in [3.8, 4) is 0 Å². The Morgan fingerprint density at radius 1 is 1.12 bits per heavy atom. The number of rotatable bonds is 5. The third-order valence-corrected chi connectivity index (χ3v) is 6.76. The largest absolute Gasteiger partial charge is 0.357 e. The molecule has 3 rings (SSSR count). The molecule has 1 aromatic carbocycles. The first-order valence-corrected chi connectivity index (χ1v) is 10.7. The molecule has 0 unspecified atom stereocenters. The molecule has 0 saturated carbocycles. The van der Waals surface area contributed by atoms with Gasteiger partial charge in [-0.3, -0.25) is 0 Å². The lowest BCUT2D eigenvalue weighted by molar-refractivity contribution is 0.580. The Balaban J connectivity index is 1.73. The second-order valence-corrected chi connectivity index (χ2v) is 9.12. The van der Waals surface area contributed by atoms with Crippen LogP contribution in [0.15, 0.2) is 50.4 Å². The normalized spacial score (nSPS) is 15.0. The highest BCUT2D eigenvalue weighted by Gasteiger charge is 2.18. The van der Waals surface area contributed by atoms with E-state index < -0.39 is 10.0 Å². The maximum absolute atomic E-state index is 12.5. The minimum atomic E-state index is -3.59. The van der Waals surface area contributed by atoms with Crippen molar-refractivity contribution >= 4 is 47.7 Å². The second kappa shape index (κ2) is 7.51. The van der Waals surface area contributed by atoms with Crippen LogP contribution in [-0.4, -0.2) is 26.5 Å². The fourth-order valence-corrected chi connectivity index (χ4v) is 5.40. The summed E-state index contributed by atoms with van der Waals surface area (Å²) in [5, 5.41) is 0. The van der Waals surface area contributed by atoms with E-state index in [9.17, 15) is 8.42 Å². The molecule has 1 aliphatic rings. The van der Waals surface area contributed by atoms with Crippen LogP contribution in [0.5, 0.6) is 0 Å². The zero-order valence-electron chi connectivity index (χ0n) is 12.9. The maximum Gasteiger partial charge on any atom is 0.241 e. The quantitative estimate of drug-likeness (QED) is 0.717. The van der Waals surface area contributed by atoms with Crippen LogP contribution in [0.4, 0.5) is 5.82 Å². The summed E-state index contributed by atoms with van der Waals surface area (Å²) in [7, 11) is -3.59. The van der Waals surface area contributed by atoms with Crippen LogP contribution < -0.4 is 9.62 Å². The summed E-state index contributed by atoms with van der Waals surface area (Å²) in [6, 6.07) is 8.77. The van der Waals surface area contributed by atoms with Crippen molar-refractivity contribution in [2.45, 2.75) is 24.3 Å². The van der Waals surface area contributed by atoms with E-state index >= 15 is 0 Å². The topological polar surface area (TPSA) is 62.3 Å². The molecule has 8 heteroatoms. The Kier molecular flexibility index (Phi) is 5.59. The predicted octanol–water partition coefficient (Wildman–Crippen LogP) is 3.69.